The molecule has 0 amide bonds. The smallest absolute Gasteiger partial charge is 0.134 e. The molecule has 0 N–H and O–H groups in total. The van der Waals surface area contributed by atoms with E-state index in [2.05, 4.69) is 6.07 Å². The number of rotatable bonds is 9. The molecule has 0 radical (unpaired) electrons. The third-order valence-electron chi connectivity index (χ3n) is 6.71. The van der Waals surface area contributed by atoms with Gasteiger partial charge < -0.3 is 9.53 Å². The van der Waals surface area contributed by atoms with E-state index in [0.29, 0.717) is 32.1 Å². The Labute approximate surface area is 199 Å². The molecule has 3 nitrogen and oxygen atoms in total. The van der Waals surface area contributed by atoms with Crippen LogP contribution < -0.4 is 4.74 Å². The minimum Gasteiger partial charge on any atom is -0.493 e. The summed E-state index contributed by atoms with van der Waals surface area (Å²) in [5.74, 6) is -1.26. The minimum absolute atomic E-state index is 0.0515. The molecule has 0 fully saturated rings. The minimum atomic E-state index is -1.52. The molecule has 1 heterocycles. The van der Waals surface area contributed by atoms with E-state index < -0.39 is 23.3 Å². The molecule has 2 aromatic carbocycles. The van der Waals surface area contributed by atoms with Gasteiger partial charge in [-0.2, -0.15) is 0 Å². The Morgan fingerprint density at radius 1 is 1.15 bits per heavy atom. The van der Waals surface area contributed by atoms with Crippen LogP contribution in [0.1, 0.15) is 69.2 Å². The van der Waals surface area contributed by atoms with Crippen LogP contribution >= 0.6 is 0 Å². The lowest BCUT2D eigenvalue weighted by Crippen LogP contribution is -2.47. The maximum Gasteiger partial charge on any atom is 0.134 e. The van der Waals surface area contributed by atoms with Crippen LogP contribution in [0.5, 0.6) is 5.75 Å². The van der Waals surface area contributed by atoms with E-state index in [1.54, 1.807) is 0 Å². The Hall–Kier alpha value is -2.60. The summed E-state index contributed by atoms with van der Waals surface area (Å²) >= 11 is 0. The molecule has 1 aliphatic heterocycles. The molecule has 34 heavy (non-hydrogen) atoms. The highest BCUT2D eigenvalue weighted by atomic mass is 19.1. The topological polar surface area (TPSA) is 29.5 Å². The van der Waals surface area contributed by atoms with Gasteiger partial charge in [0.1, 0.15) is 29.3 Å². The van der Waals surface area contributed by atoms with Crippen LogP contribution in [0.4, 0.5) is 13.2 Å². The number of aldehydes is 1. The van der Waals surface area contributed by atoms with E-state index in [9.17, 15) is 9.18 Å². The number of unbranched alkanes of at least 4 members (excludes halogenated alkanes) is 2. The molecule has 2 aromatic rings. The summed E-state index contributed by atoms with van der Waals surface area (Å²) in [7, 11) is 0. The van der Waals surface area contributed by atoms with Crippen LogP contribution in [0.25, 0.3) is 5.57 Å². The molecular formula is C28H32F3NO2. The zero-order valence-corrected chi connectivity index (χ0v) is 20.0. The summed E-state index contributed by atoms with van der Waals surface area (Å²) < 4.78 is 51.5. The van der Waals surface area contributed by atoms with Crippen molar-refractivity contribution in [3.8, 4) is 5.75 Å². The van der Waals surface area contributed by atoms with E-state index in [1.165, 1.54) is 26.0 Å². The molecule has 6 heteroatoms. The lowest BCUT2D eigenvalue weighted by atomic mass is 9.84. The normalized spacial score (nSPS) is 20.3. The molecule has 2 atom stereocenters. The summed E-state index contributed by atoms with van der Waals surface area (Å²) in [6.07, 6.45) is 3.87. The number of fused-ring (bicyclic) bond motifs is 2. The second kappa shape index (κ2) is 9.95. The number of nitrogens with zero attached hydrogens (tertiary/aromatic N) is 1. The van der Waals surface area contributed by atoms with E-state index >= 15 is 8.78 Å². The van der Waals surface area contributed by atoms with Crippen LogP contribution in [-0.2, 0) is 11.2 Å². The van der Waals surface area contributed by atoms with Gasteiger partial charge in [0.05, 0.1) is 12.6 Å². The number of halogens is 3. The number of carbonyl (C=O) groups excluding carboxylic acids is 1. The maximum atomic E-state index is 15.5. The molecule has 0 saturated heterocycles. The second-order valence-electron chi connectivity index (χ2n) is 10.00. The number of hydrogen-bond acceptors (Lipinski definition) is 3. The third-order valence-corrected chi connectivity index (χ3v) is 6.71. The van der Waals surface area contributed by atoms with Crippen LogP contribution in [0.2, 0.25) is 0 Å². The standard InChI is InChI=1S/C28H32F3NO2/c1-18-13-22-21-10-6-5-9-19(21)14-23(22)27(32(18)17-28(2,3)31)26-24(29)15-20(16-25(26)30)34-12-8-4-7-11-33/h5-6,9-11,15-16,18,27H,4,7-8,12-14,17H2,1-3H3/t18-,27?/m1/s1. The van der Waals surface area contributed by atoms with Crippen molar-refractivity contribution in [1.29, 1.82) is 0 Å². The molecule has 0 aromatic heterocycles. The monoisotopic (exact) mass is 471 g/mol. The quantitative estimate of drug-likeness (QED) is 0.305. The number of alkyl halides is 1. The highest BCUT2D eigenvalue weighted by Gasteiger charge is 2.42. The summed E-state index contributed by atoms with van der Waals surface area (Å²) in [5, 5.41) is 0. The Balaban J connectivity index is 1.71. The van der Waals surface area contributed by atoms with Crippen molar-refractivity contribution >= 4 is 11.9 Å². The lowest BCUT2D eigenvalue weighted by Gasteiger charge is -2.44. The maximum absolute atomic E-state index is 15.5. The van der Waals surface area contributed by atoms with Gasteiger partial charge in [0.25, 0.3) is 0 Å². The molecule has 0 spiro atoms. The first-order valence-corrected chi connectivity index (χ1v) is 12.0. The summed E-state index contributed by atoms with van der Waals surface area (Å²) in [6.45, 7) is 5.34. The van der Waals surface area contributed by atoms with Gasteiger partial charge in [-0.25, -0.2) is 13.2 Å². The fourth-order valence-electron chi connectivity index (χ4n) is 5.27. The highest BCUT2D eigenvalue weighted by molar-refractivity contribution is 5.79. The Kier molecular flexibility index (Phi) is 7.17. The molecule has 0 bridgehead atoms. The summed E-state index contributed by atoms with van der Waals surface area (Å²) in [4.78, 5) is 12.3. The van der Waals surface area contributed by atoms with Gasteiger partial charge in [0.15, 0.2) is 0 Å². The van der Waals surface area contributed by atoms with E-state index in [4.69, 9.17) is 4.74 Å². The van der Waals surface area contributed by atoms with Crippen molar-refractivity contribution < 1.29 is 22.7 Å². The molecule has 182 valence electrons. The van der Waals surface area contributed by atoms with Crippen molar-refractivity contribution in [2.45, 2.75) is 70.6 Å². The average Bonchev–Trinajstić information content (AvgIpc) is 3.12. The summed E-state index contributed by atoms with van der Waals surface area (Å²) in [6, 6.07) is 9.73. The van der Waals surface area contributed by atoms with Crippen molar-refractivity contribution in [2.24, 2.45) is 0 Å². The first-order chi connectivity index (χ1) is 16.2. The van der Waals surface area contributed by atoms with Gasteiger partial charge in [-0.3, -0.25) is 4.90 Å². The van der Waals surface area contributed by atoms with Crippen molar-refractivity contribution in [3.63, 3.8) is 0 Å². The second-order valence-corrected chi connectivity index (χ2v) is 10.00. The predicted molar refractivity (Wildman–Crippen MR) is 128 cm³/mol. The molecular weight excluding hydrogens is 439 g/mol. The van der Waals surface area contributed by atoms with Gasteiger partial charge in [0, 0.05) is 36.7 Å². The fraction of sp³-hybridized carbons (Fsp3) is 0.464. The highest BCUT2D eigenvalue weighted by Crippen LogP contribution is 2.50. The number of carbonyl (C=O) groups is 1. The molecule has 0 saturated carbocycles. The van der Waals surface area contributed by atoms with Gasteiger partial charge in [-0.05, 0) is 68.7 Å². The van der Waals surface area contributed by atoms with Gasteiger partial charge >= 0.3 is 0 Å². The van der Waals surface area contributed by atoms with E-state index in [-0.39, 0.29) is 30.5 Å². The number of hydrogen-bond donors (Lipinski definition) is 0. The van der Waals surface area contributed by atoms with Crippen molar-refractivity contribution in [2.75, 3.05) is 13.2 Å². The van der Waals surface area contributed by atoms with Crippen LogP contribution in [0.15, 0.2) is 42.0 Å². The largest absolute Gasteiger partial charge is 0.493 e. The third kappa shape index (κ3) is 5.07. The Bertz CT molecular complexity index is 1070. The Morgan fingerprint density at radius 2 is 1.85 bits per heavy atom. The SMILES string of the molecule is C[C@@H]1CC2=C(Cc3ccccc32)C(c2c(F)cc(OCCCCC=O)cc2F)N1CC(C)(C)F. The van der Waals surface area contributed by atoms with E-state index in [1.807, 2.05) is 30.0 Å². The van der Waals surface area contributed by atoms with Crippen LogP contribution in [-0.4, -0.2) is 36.0 Å². The van der Waals surface area contributed by atoms with Gasteiger partial charge in [0.2, 0.25) is 0 Å². The summed E-state index contributed by atoms with van der Waals surface area (Å²) in [5.41, 5.74) is 2.77. The zero-order chi connectivity index (χ0) is 24.5. The first kappa shape index (κ1) is 24.5. The molecule has 1 aliphatic carbocycles. The predicted octanol–water partition coefficient (Wildman–Crippen LogP) is 6.61. The van der Waals surface area contributed by atoms with Crippen molar-refractivity contribution in [3.05, 3.63) is 70.3 Å². The number of ether oxygens (including phenoxy) is 1. The van der Waals surface area contributed by atoms with Gasteiger partial charge in [-0.15, -0.1) is 0 Å². The van der Waals surface area contributed by atoms with Crippen LogP contribution in [0.3, 0.4) is 0 Å². The Morgan fingerprint density at radius 3 is 2.53 bits per heavy atom. The fourth-order valence-corrected chi connectivity index (χ4v) is 5.27. The molecule has 2 aliphatic rings. The van der Waals surface area contributed by atoms with Crippen LogP contribution in [0, 0.1) is 11.6 Å². The molecule has 1 unspecified atom stereocenters. The van der Waals surface area contributed by atoms with E-state index in [0.717, 1.165) is 28.6 Å². The van der Waals surface area contributed by atoms with Gasteiger partial charge in [-0.1, -0.05) is 24.3 Å². The first-order valence-electron chi connectivity index (χ1n) is 12.0. The lowest BCUT2D eigenvalue weighted by molar-refractivity contribution is -0.107. The average molecular weight is 472 g/mol. The number of benzene rings is 2. The zero-order valence-electron chi connectivity index (χ0n) is 20.0. The van der Waals surface area contributed by atoms with Crippen molar-refractivity contribution in [1.82, 2.24) is 4.90 Å². The molecule has 4 rings (SSSR count).